The number of guanidine groups is 1. The maximum absolute atomic E-state index is 7.23. The molecule has 3 aromatic carbocycles. The van der Waals surface area contributed by atoms with Crippen LogP contribution in [0.3, 0.4) is 0 Å². The summed E-state index contributed by atoms with van der Waals surface area (Å²) in [6.07, 6.45) is 0.803. The summed E-state index contributed by atoms with van der Waals surface area (Å²) in [5.74, 6) is 1.67. The normalized spacial score (nSPS) is 14.9. The number of para-hydroxylation sites is 2. The van der Waals surface area contributed by atoms with Crippen molar-refractivity contribution in [2.75, 3.05) is 18.1 Å². The summed E-state index contributed by atoms with van der Waals surface area (Å²) in [5, 5.41) is 10.8. The minimum Gasteiger partial charge on any atom is -0.493 e. The van der Waals surface area contributed by atoms with Gasteiger partial charge in [-0.3, -0.25) is 5.41 Å². The Morgan fingerprint density at radius 1 is 1.09 bits per heavy atom. The molecule has 3 aromatic rings. The predicted molar refractivity (Wildman–Crippen MR) is 129 cm³/mol. The first kappa shape index (κ1) is 21.8. The largest absolute Gasteiger partial charge is 0.493 e. The first-order valence-corrected chi connectivity index (χ1v) is 11.0. The summed E-state index contributed by atoms with van der Waals surface area (Å²) >= 11 is 6.18. The number of hydrogen-bond donors (Lipinski definition) is 3. The molecule has 1 heterocycles. The van der Waals surface area contributed by atoms with E-state index >= 15 is 0 Å². The summed E-state index contributed by atoms with van der Waals surface area (Å²) in [7, 11) is 0. The van der Waals surface area contributed by atoms with E-state index in [0.717, 1.165) is 47.3 Å². The highest BCUT2D eigenvalue weighted by Gasteiger charge is 2.25. The average molecular weight is 451 g/mol. The van der Waals surface area contributed by atoms with Crippen molar-refractivity contribution in [3.8, 4) is 11.5 Å². The molecule has 1 aliphatic rings. The van der Waals surface area contributed by atoms with Crippen LogP contribution < -0.4 is 25.4 Å². The Kier molecular flexibility index (Phi) is 7.02. The van der Waals surface area contributed by atoms with Gasteiger partial charge in [0.1, 0.15) is 17.6 Å². The number of hydrogen-bond acceptors (Lipinski definition) is 4. The number of ether oxygens (including phenoxy) is 2. The highest BCUT2D eigenvalue weighted by Crippen LogP contribution is 2.35. The van der Waals surface area contributed by atoms with E-state index in [1.807, 2.05) is 60.7 Å². The Hall–Kier alpha value is -3.38. The van der Waals surface area contributed by atoms with Gasteiger partial charge in [0.2, 0.25) is 0 Å². The van der Waals surface area contributed by atoms with Crippen LogP contribution in [-0.4, -0.2) is 25.2 Å². The minimum atomic E-state index is -0.0382. The molecule has 0 saturated heterocycles. The number of nitrogens with zero attached hydrogens (tertiary/aromatic N) is 1. The molecule has 0 amide bonds. The van der Waals surface area contributed by atoms with Crippen LogP contribution in [0, 0.1) is 5.41 Å². The van der Waals surface area contributed by atoms with E-state index in [2.05, 4.69) is 22.3 Å². The molecule has 1 unspecified atom stereocenters. The van der Waals surface area contributed by atoms with Gasteiger partial charge < -0.3 is 25.4 Å². The molecule has 0 fully saturated rings. The third-order valence-electron chi connectivity index (χ3n) is 5.30. The van der Waals surface area contributed by atoms with Crippen molar-refractivity contribution < 1.29 is 9.47 Å². The second-order valence-corrected chi connectivity index (χ2v) is 8.20. The van der Waals surface area contributed by atoms with Gasteiger partial charge in [0.15, 0.2) is 5.96 Å². The molecule has 4 N–H and O–H groups in total. The van der Waals surface area contributed by atoms with Crippen LogP contribution in [0.5, 0.6) is 11.5 Å². The molecular formula is C25H27ClN4O2. The third kappa shape index (κ3) is 5.86. The molecule has 4 rings (SSSR count). The first-order chi connectivity index (χ1) is 15.6. The molecule has 0 aromatic heterocycles. The number of rotatable bonds is 8. The summed E-state index contributed by atoms with van der Waals surface area (Å²) in [6.45, 7) is 2.63. The van der Waals surface area contributed by atoms with Crippen LogP contribution in [0.25, 0.3) is 0 Å². The van der Waals surface area contributed by atoms with Crippen LogP contribution in [0.2, 0.25) is 5.02 Å². The van der Waals surface area contributed by atoms with E-state index in [1.54, 1.807) is 0 Å². The molecule has 6 nitrogen and oxygen atoms in total. The van der Waals surface area contributed by atoms with Gasteiger partial charge in [0, 0.05) is 24.5 Å². The predicted octanol–water partition coefficient (Wildman–Crippen LogP) is 4.56. The van der Waals surface area contributed by atoms with Crippen LogP contribution in [0.1, 0.15) is 17.5 Å². The van der Waals surface area contributed by atoms with Gasteiger partial charge in [0.05, 0.1) is 18.8 Å². The second-order valence-electron chi connectivity index (χ2n) is 7.77. The monoisotopic (exact) mass is 450 g/mol. The maximum atomic E-state index is 7.23. The molecule has 1 atom stereocenters. The molecular weight excluding hydrogens is 424 g/mol. The number of anilines is 1. The fraction of sp³-hybridized carbons (Fsp3) is 0.240. The smallest absolute Gasteiger partial charge is 0.185 e. The Morgan fingerprint density at radius 3 is 2.69 bits per heavy atom. The number of nitrogens with two attached hydrogens (primary N) is 1. The van der Waals surface area contributed by atoms with Crippen molar-refractivity contribution in [3.63, 3.8) is 0 Å². The van der Waals surface area contributed by atoms with Gasteiger partial charge in [-0.2, -0.15) is 0 Å². The molecule has 0 saturated carbocycles. The van der Waals surface area contributed by atoms with Gasteiger partial charge in [0.25, 0.3) is 0 Å². The van der Waals surface area contributed by atoms with Crippen molar-refractivity contribution in [3.05, 3.63) is 88.9 Å². The Bertz CT molecular complexity index is 1060. The summed E-state index contributed by atoms with van der Waals surface area (Å²) in [5.41, 5.74) is 8.63. The lowest BCUT2D eigenvalue weighted by Crippen LogP contribution is -2.40. The number of fused-ring (bicyclic) bond motifs is 1. The standard InChI is InChI=1S/C25H27ClN4O2/c26-20-5-3-4-19(14-20)16-30-17-22(32-24-7-2-1-6-23(24)30)12-13-31-21-10-8-18(9-11-21)15-29-25(27)28/h1-11,14,22H,12-13,15-17H2,(H4,27,28,29). The highest BCUT2D eigenvalue weighted by atomic mass is 35.5. The molecule has 0 radical (unpaired) electrons. The zero-order valence-electron chi connectivity index (χ0n) is 17.8. The van der Waals surface area contributed by atoms with Crippen molar-refractivity contribution in [1.29, 1.82) is 5.41 Å². The van der Waals surface area contributed by atoms with Crippen LogP contribution in [-0.2, 0) is 13.1 Å². The first-order valence-electron chi connectivity index (χ1n) is 10.6. The van der Waals surface area contributed by atoms with Crippen molar-refractivity contribution in [2.24, 2.45) is 5.73 Å². The van der Waals surface area contributed by atoms with Gasteiger partial charge in [-0.25, -0.2) is 0 Å². The maximum Gasteiger partial charge on any atom is 0.185 e. The van der Waals surface area contributed by atoms with E-state index in [1.165, 1.54) is 5.56 Å². The number of benzene rings is 3. The molecule has 32 heavy (non-hydrogen) atoms. The number of nitrogens with one attached hydrogen (secondary N) is 2. The summed E-state index contributed by atoms with van der Waals surface area (Å²) in [6, 6.07) is 23.9. The third-order valence-corrected chi connectivity index (χ3v) is 5.54. The van der Waals surface area contributed by atoms with Crippen molar-refractivity contribution in [1.82, 2.24) is 5.32 Å². The Balaban J connectivity index is 1.34. The molecule has 166 valence electrons. The Labute approximate surface area is 193 Å². The van der Waals surface area contributed by atoms with E-state index in [4.69, 9.17) is 32.2 Å². The molecule has 0 bridgehead atoms. The lowest BCUT2D eigenvalue weighted by Gasteiger charge is -2.36. The summed E-state index contributed by atoms with van der Waals surface area (Å²) < 4.78 is 12.2. The van der Waals surface area contributed by atoms with E-state index in [-0.39, 0.29) is 12.1 Å². The molecule has 1 aliphatic heterocycles. The fourth-order valence-corrected chi connectivity index (χ4v) is 3.96. The second kappa shape index (κ2) is 10.3. The minimum absolute atomic E-state index is 0.0307. The Morgan fingerprint density at radius 2 is 1.91 bits per heavy atom. The zero-order valence-corrected chi connectivity index (χ0v) is 18.5. The fourth-order valence-electron chi connectivity index (χ4n) is 3.74. The molecule has 0 aliphatic carbocycles. The summed E-state index contributed by atoms with van der Waals surface area (Å²) in [4.78, 5) is 2.34. The van der Waals surface area contributed by atoms with Gasteiger partial charge in [-0.15, -0.1) is 0 Å². The van der Waals surface area contributed by atoms with Crippen LogP contribution in [0.4, 0.5) is 5.69 Å². The molecule has 7 heteroatoms. The lowest BCUT2D eigenvalue weighted by atomic mass is 10.1. The topological polar surface area (TPSA) is 83.6 Å². The van der Waals surface area contributed by atoms with Gasteiger partial charge in [-0.1, -0.05) is 48.0 Å². The van der Waals surface area contributed by atoms with Gasteiger partial charge >= 0.3 is 0 Å². The van der Waals surface area contributed by atoms with E-state index in [9.17, 15) is 0 Å². The zero-order chi connectivity index (χ0) is 22.3. The van der Waals surface area contributed by atoms with Crippen LogP contribution >= 0.6 is 11.6 Å². The number of halogens is 1. The highest BCUT2D eigenvalue weighted by molar-refractivity contribution is 6.30. The SMILES string of the molecule is N=C(N)NCc1ccc(OCCC2CN(Cc3cccc(Cl)c3)c3ccccc3O2)cc1. The lowest BCUT2D eigenvalue weighted by molar-refractivity contribution is 0.155. The quantitative estimate of drug-likeness (QED) is 0.346. The van der Waals surface area contributed by atoms with Gasteiger partial charge in [-0.05, 0) is 47.5 Å². The van der Waals surface area contributed by atoms with Crippen molar-refractivity contribution >= 4 is 23.2 Å². The van der Waals surface area contributed by atoms with Crippen LogP contribution in [0.15, 0.2) is 72.8 Å². The van der Waals surface area contributed by atoms with Crippen molar-refractivity contribution in [2.45, 2.75) is 25.6 Å². The molecule has 0 spiro atoms. The average Bonchev–Trinajstić information content (AvgIpc) is 2.78. The van der Waals surface area contributed by atoms with E-state index in [0.29, 0.717) is 13.2 Å². The van der Waals surface area contributed by atoms with E-state index < -0.39 is 0 Å².